The van der Waals surface area contributed by atoms with Gasteiger partial charge in [0.05, 0.1) is 6.04 Å². The monoisotopic (exact) mass is 462 g/mol. The molecule has 0 aliphatic carbocycles. The number of amides is 3. The minimum absolute atomic E-state index is 0.0193. The van der Waals surface area contributed by atoms with Crippen molar-refractivity contribution in [2.24, 2.45) is 0 Å². The number of carbonyl (C=O) groups is 4. The van der Waals surface area contributed by atoms with Crippen molar-refractivity contribution >= 4 is 35.5 Å². The number of benzene rings is 1. The summed E-state index contributed by atoms with van der Waals surface area (Å²) in [6, 6.07) is 2.58. The highest BCUT2D eigenvalue weighted by molar-refractivity contribution is 8.01. The van der Waals surface area contributed by atoms with Crippen molar-refractivity contribution in [3.05, 3.63) is 29.8 Å². The smallest absolute Gasteiger partial charge is 0.327 e. The fourth-order valence-electron chi connectivity index (χ4n) is 4.50. The second kappa shape index (κ2) is 8.28. The van der Waals surface area contributed by atoms with Crippen LogP contribution < -0.4 is 16.0 Å². The number of hydrogen-bond donors (Lipinski definition) is 5. The van der Waals surface area contributed by atoms with E-state index < -0.39 is 52.1 Å². The Hall–Kier alpha value is -2.79. The zero-order chi connectivity index (χ0) is 23.2. The van der Waals surface area contributed by atoms with Gasteiger partial charge in [-0.1, -0.05) is 12.1 Å². The maximum atomic E-state index is 13.2. The van der Waals surface area contributed by atoms with Gasteiger partial charge in [-0.2, -0.15) is 0 Å². The maximum absolute atomic E-state index is 13.2. The van der Waals surface area contributed by atoms with Crippen LogP contribution in [-0.2, 0) is 19.2 Å². The molecule has 5 N–H and O–H groups in total. The highest BCUT2D eigenvalue weighted by Crippen LogP contribution is 2.50. The van der Waals surface area contributed by atoms with Crippen LogP contribution in [0.15, 0.2) is 24.3 Å². The summed E-state index contributed by atoms with van der Waals surface area (Å²) < 4.78 is -0.704. The fraction of sp³-hybridized carbons (Fsp3) is 0.524. The molecule has 10 nitrogen and oxygen atoms in total. The molecule has 5 atom stereocenters. The molecule has 172 valence electrons. The molecule has 3 fully saturated rings. The van der Waals surface area contributed by atoms with Crippen molar-refractivity contribution in [3.63, 3.8) is 0 Å². The molecule has 0 spiro atoms. The first-order valence-corrected chi connectivity index (χ1v) is 11.3. The summed E-state index contributed by atoms with van der Waals surface area (Å²) in [6.07, 6.45) is 1.52. The van der Waals surface area contributed by atoms with Crippen LogP contribution in [0.1, 0.15) is 38.3 Å². The summed E-state index contributed by atoms with van der Waals surface area (Å²) in [5.41, 5.74) is 0.457. The van der Waals surface area contributed by atoms with Crippen molar-refractivity contribution in [2.45, 2.75) is 61.0 Å². The number of thioether (sulfide) groups is 1. The van der Waals surface area contributed by atoms with E-state index in [4.69, 9.17) is 0 Å². The maximum Gasteiger partial charge on any atom is 0.327 e. The standard InChI is InChI=1S/C21H26N4O6S/c1-21(2)15(20(30)31)25-18(29)14(19(25)32-21)24-17(28)13(10-5-7-11(26)8-6-10)23-16(27)12-4-3-9-22-12/h5-8,12-15,19,22,26H,3-4,9H2,1-2H3,(H,23,27)(H,24,28)(H,30,31)/t12-,13?,14-,15+,19-/m1/s1. The average molecular weight is 463 g/mol. The van der Waals surface area contributed by atoms with Gasteiger partial charge < -0.3 is 31.1 Å². The van der Waals surface area contributed by atoms with Crippen molar-refractivity contribution in [1.82, 2.24) is 20.9 Å². The Morgan fingerprint density at radius 1 is 1.25 bits per heavy atom. The number of nitrogens with one attached hydrogen (secondary N) is 3. The Kier molecular flexibility index (Phi) is 5.80. The number of aromatic hydroxyl groups is 1. The van der Waals surface area contributed by atoms with E-state index >= 15 is 0 Å². The minimum atomic E-state index is -1.08. The molecule has 1 aromatic rings. The molecule has 3 aliphatic rings. The number of carboxylic acids is 1. The van der Waals surface area contributed by atoms with E-state index in [9.17, 15) is 29.4 Å². The third-order valence-electron chi connectivity index (χ3n) is 6.12. The van der Waals surface area contributed by atoms with Gasteiger partial charge in [0.15, 0.2) is 0 Å². The highest BCUT2D eigenvalue weighted by atomic mass is 32.2. The normalized spacial score (nSPS) is 29.1. The number of carboxylic acid groups (broad SMARTS) is 1. The van der Waals surface area contributed by atoms with Crippen LogP contribution in [-0.4, -0.2) is 73.6 Å². The molecule has 0 aromatic heterocycles. The largest absolute Gasteiger partial charge is 0.508 e. The van der Waals surface area contributed by atoms with Crippen LogP contribution >= 0.6 is 11.8 Å². The summed E-state index contributed by atoms with van der Waals surface area (Å²) in [5, 5.41) is 27.2. The molecule has 11 heteroatoms. The van der Waals surface area contributed by atoms with E-state index in [-0.39, 0.29) is 11.7 Å². The van der Waals surface area contributed by atoms with Gasteiger partial charge in [0, 0.05) is 4.75 Å². The van der Waals surface area contributed by atoms with Gasteiger partial charge in [-0.05, 0) is 50.9 Å². The van der Waals surface area contributed by atoms with E-state index in [1.54, 1.807) is 13.8 Å². The lowest BCUT2D eigenvalue weighted by molar-refractivity contribution is -0.161. The first-order valence-electron chi connectivity index (χ1n) is 10.5. The molecule has 1 aromatic carbocycles. The molecule has 3 aliphatic heterocycles. The molecule has 4 rings (SSSR count). The SMILES string of the molecule is CC1(C)S[C@@H]2[C@H](NC(=O)C(NC(=O)[C@H]3CCCN3)c3ccc(O)cc3)C(=O)N2[C@H]1C(=O)O. The topological polar surface area (TPSA) is 148 Å². The molecule has 0 radical (unpaired) electrons. The van der Waals surface area contributed by atoms with Crippen LogP contribution in [0.5, 0.6) is 5.75 Å². The molecule has 0 bridgehead atoms. The molecular weight excluding hydrogens is 436 g/mol. The van der Waals surface area contributed by atoms with Crippen molar-refractivity contribution in [2.75, 3.05) is 6.54 Å². The van der Waals surface area contributed by atoms with E-state index in [2.05, 4.69) is 16.0 Å². The molecular formula is C21H26N4O6S. The molecule has 3 amide bonds. The minimum Gasteiger partial charge on any atom is -0.508 e. The Balaban J connectivity index is 1.51. The predicted molar refractivity (Wildman–Crippen MR) is 116 cm³/mol. The summed E-state index contributed by atoms with van der Waals surface area (Å²) >= 11 is 1.33. The number of phenols is 1. The highest BCUT2D eigenvalue weighted by Gasteiger charge is 2.64. The lowest BCUT2D eigenvalue weighted by Crippen LogP contribution is -2.71. The first kappa shape index (κ1) is 22.4. The van der Waals surface area contributed by atoms with Crippen LogP contribution in [0, 0.1) is 0 Å². The van der Waals surface area contributed by atoms with Gasteiger partial charge in [0.2, 0.25) is 17.7 Å². The van der Waals surface area contributed by atoms with E-state index in [1.165, 1.54) is 40.9 Å². The second-order valence-corrected chi connectivity index (χ2v) is 10.5. The lowest BCUT2D eigenvalue weighted by atomic mass is 9.95. The van der Waals surface area contributed by atoms with Gasteiger partial charge in [-0.15, -0.1) is 11.8 Å². The molecule has 1 unspecified atom stereocenters. The Morgan fingerprint density at radius 3 is 2.53 bits per heavy atom. The van der Waals surface area contributed by atoms with Gasteiger partial charge in [0.1, 0.15) is 29.2 Å². The van der Waals surface area contributed by atoms with Crippen molar-refractivity contribution in [1.29, 1.82) is 0 Å². The van der Waals surface area contributed by atoms with E-state index in [0.717, 1.165) is 13.0 Å². The number of hydrogen-bond acceptors (Lipinski definition) is 7. The van der Waals surface area contributed by atoms with Crippen molar-refractivity contribution < 1.29 is 29.4 Å². The van der Waals surface area contributed by atoms with Gasteiger partial charge in [-0.3, -0.25) is 14.4 Å². The number of rotatable bonds is 6. The third-order valence-corrected chi connectivity index (χ3v) is 7.70. The van der Waals surface area contributed by atoms with Crippen LogP contribution in [0.25, 0.3) is 0 Å². The van der Waals surface area contributed by atoms with Gasteiger partial charge in [0.25, 0.3) is 0 Å². The predicted octanol–water partition coefficient (Wildman–Crippen LogP) is -0.0668. The first-order chi connectivity index (χ1) is 15.1. The fourth-order valence-corrected chi connectivity index (χ4v) is 6.13. The van der Waals surface area contributed by atoms with Crippen molar-refractivity contribution in [3.8, 4) is 5.75 Å². The number of β-lactam (4-membered cyclic amide) rings is 1. The van der Waals surface area contributed by atoms with E-state index in [1.807, 2.05) is 0 Å². The third kappa shape index (κ3) is 3.90. The number of carbonyl (C=O) groups excluding carboxylic acids is 3. The van der Waals surface area contributed by atoms with Crippen LogP contribution in [0.4, 0.5) is 0 Å². The second-order valence-electron chi connectivity index (χ2n) is 8.77. The summed E-state index contributed by atoms with van der Waals surface area (Å²) in [6.45, 7) is 4.24. The van der Waals surface area contributed by atoms with Gasteiger partial charge >= 0.3 is 5.97 Å². The molecule has 3 saturated heterocycles. The number of fused-ring (bicyclic) bond motifs is 1. The zero-order valence-corrected chi connectivity index (χ0v) is 18.5. The number of aliphatic carboxylic acids is 1. The van der Waals surface area contributed by atoms with Crippen LogP contribution in [0.2, 0.25) is 0 Å². The Morgan fingerprint density at radius 2 is 1.94 bits per heavy atom. The summed E-state index contributed by atoms with van der Waals surface area (Å²) in [5.74, 6) is -2.41. The zero-order valence-electron chi connectivity index (χ0n) is 17.7. The molecule has 32 heavy (non-hydrogen) atoms. The molecule has 0 saturated carbocycles. The summed E-state index contributed by atoms with van der Waals surface area (Å²) in [7, 11) is 0. The quantitative estimate of drug-likeness (QED) is 0.369. The average Bonchev–Trinajstić information content (AvgIpc) is 3.35. The Labute approximate surface area is 189 Å². The number of phenolic OH excluding ortho intramolecular Hbond substituents is 1. The lowest BCUT2D eigenvalue weighted by Gasteiger charge is -2.44. The number of nitrogens with zero attached hydrogens (tertiary/aromatic N) is 1. The van der Waals surface area contributed by atoms with Gasteiger partial charge in [-0.25, -0.2) is 4.79 Å². The Bertz CT molecular complexity index is 946. The summed E-state index contributed by atoms with van der Waals surface area (Å²) in [4.78, 5) is 51.6. The van der Waals surface area contributed by atoms with E-state index in [0.29, 0.717) is 12.0 Å². The van der Waals surface area contributed by atoms with Crippen LogP contribution in [0.3, 0.4) is 0 Å². The molecule has 3 heterocycles.